The van der Waals surface area contributed by atoms with Gasteiger partial charge < -0.3 is 15.4 Å². The SMILES string of the molecule is Cc1c(Cl)cccc1NC(=S)NC[C@H](c1ccc(F)cc1)N1CCOCC1. The topological polar surface area (TPSA) is 36.5 Å². The number of benzene rings is 2. The largest absolute Gasteiger partial charge is 0.379 e. The number of hydrogen-bond acceptors (Lipinski definition) is 3. The van der Waals surface area contributed by atoms with Crippen LogP contribution in [0.1, 0.15) is 17.2 Å². The van der Waals surface area contributed by atoms with E-state index in [1.54, 1.807) is 0 Å². The van der Waals surface area contributed by atoms with Gasteiger partial charge in [-0.25, -0.2) is 4.39 Å². The lowest BCUT2D eigenvalue weighted by molar-refractivity contribution is 0.0170. The summed E-state index contributed by atoms with van der Waals surface area (Å²) < 4.78 is 18.8. The van der Waals surface area contributed by atoms with Gasteiger partial charge in [-0.1, -0.05) is 29.8 Å². The molecule has 1 atom stereocenters. The molecule has 0 bridgehead atoms. The smallest absolute Gasteiger partial charge is 0.170 e. The molecule has 1 aliphatic rings. The molecule has 3 rings (SSSR count). The van der Waals surface area contributed by atoms with Crippen LogP contribution in [0.2, 0.25) is 5.02 Å². The molecule has 0 unspecified atom stereocenters. The zero-order chi connectivity index (χ0) is 19.2. The Labute approximate surface area is 169 Å². The summed E-state index contributed by atoms with van der Waals surface area (Å²) >= 11 is 11.6. The molecule has 0 radical (unpaired) electrons. The second kappa shape index (κ2) is 9.46. The zero-order valence-electron chi connectivity index (χ0n) is 15.2. The fraction of sp³-hybridized carbons (Fsp3) is 0.350. The van der Waals surface area contributed by atoms with E-state index >= 15 is 0 Å². The van der Waals surface area contributed by atoms with Crippen molar-refractivity contribution in [1.29, 1.82) is 0 Å². The fourth-order valence-corrected chi connectivity index (χ4v) is 3.50. The zero-order valence-corrected chi connectivity index (χ0v) is 16.7. The summed E-state index contributed by atoms with van der Waals surface area (Å²) in [7, 11) is 0. The second-order valence-corrected chi connectivity index (χ2v) is 7.28. The van der Waals surface area contributed by atoms with Crippen molar-refractivity contribution < 1.29 is 9.13 Å². The van der Waals surface area contributed by atoms with Crippen molar-refractivity contribution in [3.8, 4) is 0 Å². The Bertz CT molecular complexity index is 781. The molecule has 2 aromatic carbocycles. The minimum absolute atomic E-state index is 0.0784. The second-order valence-electron chi connectivity index (χ2n) is 6.46. The maximum Gasteiger partial charge on any atom is 0.170 e. The average Bonchev–Trinajstić information content (AvgIpc) is 2.68. The number of anilines is 1. The van der Waals surface area contributed by atoms with Gasteiger partial charge in [-0.05, 0) is 54.5 Å². The first-order valence-corrected chi connectivity index (χ1v) is 9.70. The van der Waals surface area contributed by atoms with Gasteiger partial charge in [-0.3, -0.25) is 4.90 Å². The van der Waals surface area contributed by atoms with Gasteiger partial charge >= 0.3 is 0 Å². The van der Waals surface area contributed by atoms with E-state index in [4.69, 9.17) is 28.6 Å². The van der Waals surface area contributed by atoms with E-state index in [0.29, 0.717) is 29.9 Å². The van der Waals surface area contributed by atoms with Crippen molar-refractivity contribution in [3.05, 3.63) is 64.4 Å². The lowest BCUT2D eigenvalue weighted by Crippen LogP contribution is -2.44. The summed E-state index contributed by atoms with van der Waals surface area (Å²) in [5.41, 5.74) is 2.88. The number of hydrogen-bond donors (Lipinski definition) is 2. The van der Waals surface area contributed by atoms with Gasteiger partial charge in [0.05, 0.1) is 19.3 Å². The summed E-state index contributed by atoms with van der Waals surface area (Å²) in [6.07, 6.45) is 0. The molecule has 0 spiro atoms. The molecule has 2 N–H and O–H groups in total. The Hall–Kier alpha value is -1.73. The lowest BCUT2D eigenvalue weighted by Gasteiger charge is -2.35. The van der Waals surface area contributed by atoms with Crippen LogP contribution >= 0.6 is 23.8 Å². The normalized spacial score (nSPS) is 16.0. The Morgan fingerprint density at radius 1 is 1.22 bits per heavy atom. The first-order valence-electron chi connectivity index (χ1n) is 8.92. The number of ether oxygens (including phenoxy) is 1. The summed E-state index contributed by atoms with van der Waals surface area (Å²) in [6.45, 7) is 5.61. The van der Waals surface area contributed by atoms with E-state index in [9.17, 15) is 4.39 Å². The number of nitrogens with one attached hydrogen (secondary N) is 2. The van der Waals surface area contributed by atoms with Crippen LogP contribution in [0.25, 0.3) is 0 Å². The highest BCUT2D eigenvalue weighted by Crippen LogP contribution is 2.24. The first-order chi connectivity index (χ1) is 13.0. The maximum absolute atomic E-state index is 13.3. The predicted molar refractivity (Wildman–Crippen MR) is 112 cm³/mol. The number of halogens is 2. The molecule has 0 aliphatic carbocycles. The monoisotopic (exact) mass is 407 g/mol. The minimum atomic E-state index is -0.235. The molecular formula is C20H23ClFN3OS. The van der Waals surface area contributed by atoms with Crippen LogP contribution in [0, 0.1) is 12.7 Å². The van der Waals surface area contributed by atoms with Crippen LogP contribution in [0.4, 0.5) is 10.1 Å². The molecule has 1 heterocycles. The van der Waals surface area contributed by atoms with Crippen molar-refractivity contribution >= 4 is 34.6 Å². The Morgan fingerprint density at radius 3 is 2.63 bits per heavy atom. The molecular weight excluding hydrogens is 385 g/mol. The Balaban J connectivity index is 1.67. The van der Waals surface area contributed by atoms with Crippen LogP contribution in [-0.4, -0.2) is 42.9 Å². The predicted octanol–water partition coefficient (Wildman–Crippen LogP) is 4.15. The number of rotatable bonds is 5. The Kier molecular flexibility index (Phi) is 7.01. The van der Waals surface area contributed by atoms with E-state index in [1.165, 1.54) is 12.1 Å². The highest BCUT2D eigenvalue weighted by molar-refractivity contribution is 7.80. The van der Waals surface area contributed by atoms with Crippen molar-refractivity contribution in [3.63, 3.8) is 0 Å². The van der Waals surface area contributed by atoms with Gasteiger partial charge in [0.25, 0.3) is 0 Å². The summed E-state index contributed by atoms with van der Waals surface area (Å²) in [5, 5.41) is 7.72. The van der Waals surface area contributed by atoms with Crippen molar-refractivity contribution in [2.24, 2.45) is 0 Å². The van der Waals surface area contributed by atoms with Crippen molar-refractivity contribution in [1.82, 2.24) is 10.2 Å². The number of thiocarbonyl (C=S) groups is 1. The average molecular weight is 408 g/mol. The molecule has 0 amide bonds. The molecule has 1 saturated heterocycles. The van der Waals surface area contributed by atoms with Crippen LogP contribution in [0.5, 0.6) is 0 Å². The van der Waals surface area contributed by atoms with Crippen LogP contribution < -0.4 is 10.6 Å². The third-order valence-corrected chi connectivity index (χ3v) is 5.37. The summed E-state index contributed by atoms with van der Waals surface area (Å²) in [4.78, 5) is 2.33. The summed E-state index contributed by atoms with van der Waals surface area (Å²) in [5.74, 6) is -0.235. The van der Waals surface area contributed by atoms with Crippen molar-refractivity contribution in [2.45, 2.75) is 13.0 Å². The lowest BCUT2D eigenvalue weighted by atomic mass is 10.0. The number of morpholine rings is 1. The number of nitrogens with zero attached hydrogens (tertiary/aromatic N) is 1. The third-order valence-electron chi connectivity index (χ3n) is 4.71. The molecule has 2 aromatic rings. The quantitative estimate of drug-likeness (QED) is 0.728. The summed E-state index contributed by atoms with van der Waals surface area (Å²) in [6, 6.07) is 12.4. The molecule has 0 saturated carbocycles. The molecule has 7 heteroatoms. The van der Waals surface area contributed by atoms with Gasteiger partial charge in [0.1, 0.15) is 5.82 Å². The van der Waals surface area contributed by atoms with E-state index in [0.717, 1.165) is 29.9 Å². The van der Waals surface area contributed by atoms with E-state index in [2.05, 4.69) is 15.5 Å². The van der Waals surface area contributed by atoms with Gasteiger partial charge in [0, 0.05) is 30.3 Å². The Morgan fingerprint density at radius 2 is 1.93 bits per heavy atom. The molecule has 1 fully saturated rings. The fourth-order valence-electron chi connectivity index (χ4n) is 3.13. The van der Waals surface area contributed by atoms with Gasteiger partial charge in [-0.2, -0.15) is 0 Å². The minimum Gasteiger partial charge on any atom is -0.379 e. The van der Waals surface area contributed by atoms with Crippen LogP contribution in [0.15, 0.2) is 42.5 Å². The standard InChI is InChI=1S/C20H23ClFN3OS/c1-14-17(21)3-2-4-18(14)24-20(27)23-13-19(25-9-11-26-12-10-25)15-5-7-16(22)8-6-15/h2-8,19H,9-13H2,1H3,(H2,23,24,27)/t19-/m1/s1. The molecule has 1 aliphatic heterocycles. The van der Waals surface area contributed by atoms with E-state index in [-0.39, 0.29) is 11.9 Å². The maximum atomic E-state index is 13.3. The van der Waals surface area contributed by atoms with Crippen LogP contribution in [-0.2, 0) is 4.74 Å². The molecule has 4 nitrogen and oxygen atoms in total. The van der Waals surface area contributed by atoms with Gasteiger partial charge in [-0.15, -0.1) is 0 Å². The third kappa shape index (κ3) is 5.39. The molecule has 144 valence electrons. The van der Waals surface area contributed by atoms with Gasteiger partial charge in [0.15, 0.2) is 5.11 Å². The highest BCUT2D eigenvalue weighted by atomic mass is 35.5. The molecule has 27 heavy (non-hydrogen) atoms. The highest BCUT2D eigenvalue weighted by Gasteiger charge is 2.23. The van der Waals surface area contributed by atoms with Crippen LogP contribution in [0.3, 0.4) is 0 Å². The molecule has 0 aromatic heterocycles. The van der Waals surface area contributed by atoms with E-state index < -0.39 is 0 Å². The van der Waals surface area contributed by atoms with E-state index in [1.807, 2.05) is 37.3 Å². The van der Waals surface area contributed by atoms with Gasteiger partial charge in [0.2, 0.25) is 0 Å². The van der Waals surface area contributed by atoms with Crippen molar-refractivity contribution in [2.75, 3.05) is 38.2 Å². The first kappa shape index (κ1) is 20.0.